The van der Waals surface area contributed by atoms with Gasteiger partial charge in [0.1, 0.15) is 0 Å². The Morgan fingerprint density at radius 1 is 1.17 bits per heavy atom. The molecule has 0 saturated heterocycles. The van der Waals surface area contributed by atoms with Crippen molar-refractivity contribution in [2.45, 2.75) is 53.0 Å². The maximum absolute atomic E-state index is 2.43. The van der Waals surface area contributed by atoms with Gasteiger partial charge < -0.3 is 4.90 Å². The predicted octanol–water partition coefficient (Wildman–Crippen LogP) is 3.42. The number of nitrogens with zero attached hydrogens (tertiary/aromatic N) is 1. The van der Waals surface area contributed by atoms with Crippen molar-refractivity contribution >= 4 is 0 Å². The molecular formula is C11H23N. The molecule has 1 nitrogen and oxygen atoms in total. The van der Waals surface area contributed by atoms with E-state index in [4.69, 9.17) is 0 Å². The molecule has 0 saturated carbocycles. The molecule has 0 aromatic rings. The van der Waals surface area contributed by atoms with E-state index in [0.717, 1.165) is 6.04 Å². The third kappa shape index (κ3) is 3.29. The zero-order valence-electron chi connectivity index (χ0n) is 9.01. The standard InChI is InChI=1S/C9H17N.C2H6/c1-3-5-9-6-8-10(9)7-4-2;1-2/h6,8-9H,3-5,7H2,1-2H3;1-2H3. The Morgan fingerprint density at radius 2 is 1.83 bits per heavy atom. The van der Waals surface area contributed by atoms with Gasteiger partial charge in [-0.05, 0) is 25.1 Å². The van der Waals surface area contributed by atoms with Crippen LogP contribution in [0.2, 0.25) is 0 Å². The molecule has 0 spiro atoms. The molecule has 1 heterocycles. The van der Waals surface area contributed by atoms with Gasteiger partial charge in [0.25, 0.3) is 0 Å². The van der Waals surface area contributed by atoms with Crippen molar-refractivity contribution in [3.8, 4) is 0 Å². The Kier molecular flexibility index (Phi) is 6.93. The molecule has 1 rings (SSSR count). The van der Waals surface area contributed by atoms with Crippen LogP contribution in [0.15, 0.2) is 12.3 Å². The highest BCUT2D eigenvalue weighted by Crippen LogP contribution is 2.17. The van der Waals surface area contributed by atoms with Crippen molar-refractivity contribution in [3.05, 3.63) is 12.3 Å². The van der Waals surface area contributed by atoms with E-state index in [9.17, 15) is 0 Å². The number of rotatable bonds is 4. The minimum Gasteiger partial charge on any atom is -0.371 e. The number of hydrogen-bond acceptors (Lipinski definition) is 1. The fourth-order valence-corrected chi connectivity index (χ4v) is 1.39. The van der Waals surface area contributed by atoms with E-state index < -0.39 is 0 Å². The highest BCUT2D eigenvalue weighted by Gasteiger charge is 2.16. The largest absolute Gasteiger partial charge is 0.371 e. The quantitative estimate of drug-likeness (QED) is 0.623. The summed E-state index contributed by atoms with van der Waals surface area (Å²) in [5.41, 5.74) is 0. The minimum atomic E-state index is 0.768. The summed E-state index contributed by atoms with van der Waals surface area (Å²) in [5, 5.41) is 0. The summed E-state index contributed by atoms with van der Waals surface area (Å²) in [4.78, 5) is 2.43. The van der Waals surface area contributed by atoms with Crippen LogP contribution in [-0.2, 0) is 0 Å². The summed E-state index contributed by atoms with van der Waals surface area (Å²) in [6.45, 7) is 9.71. The maximum atomic E-state index is 2.43. The molecule has 1 atom stereocenters. The van der Waals surface area contributed by atoms with Crippen LogP contribution in [0.5, 0.6) is 0 Å². The summed E-state index contributed by atoms with van der Waals surface area (Å²) < 4.78 is 0. The van der Waals surface area contributed by atoms with Crippen molar-refractivity contribution < 1.29 is 0 Å². The van der Waals surface area contributed by atoms with E-state index >= 15 is 0 Å². The summed E-state index contributed by atoms with van der Waals surface area (Å²) in [6.07, 6.45) is 8.42. The molecule has 0 amide bonds. The highest BCUT2D eigenvalue weighted by atomic mass is 15.2. The number of hydrogen-bond donors (Lipinski definition) is 0. The van der Waals surface area contributed by atoms with E-state index in [1.54, 1.807) is 0 Å². The van der Waals surface area contributed by atoms with Gasteiger partial charge in [0.15, 0.2) is 0 Å². The second-order valence-electron chi connectivity index (χ2n) is 2.94. The minimum absolute atomic E-state index is 0.768. The average molecular weight is 169 g/mol. The lowest BCUT2D eigenvalue weighted by atomic mass is 10.1. The van der Waals surface area contributed by atoms with Crippen LogP contribution >= 0.6 is 0 Å². The lowest BCUT2D eigenvalue weighted by Crippen LogP contribution is -2.36. The Hall–Kier alpha value is -0.460. The Morgan fingerprint density at radius 3 is 2.17 bits per heavy atom. The van der Waals surface area contributed by atoms with Crippen molar-refractivity contribution in [2.75, 3.05) is 6.54 Å². The third-order valence-electron chi connectivity index (χ3n) is 1.99. The van der Waals surface area contributed by atoms with Crippen LogP contribution in [0.25, 0.3) is 0 Å². The van der Waals surface area contributed by atoms with Gasteiger partial charge >= 0.3 is 0 Å². The molecule has 72 valence electrons. The molecule has 0 N–H and O–H groups in total. The fourth-order valence-electron chi connectivity index (χ4n) is 1.39. The molecule has 12 heavy (non-hydrogen) atoms. The molecule has 0 aromatic heterocycles. The molecule has 1 aliphatic heterocycles. The van der Waals surface area contributed by atoms with Crippen LogP contribution in [-0.4, -0.2) is 17.5 Å². The fraction of sp³-hybridized carbons (Fsp3) is 0.818. The predicted molar refractivity (Wildman–Crippen MR) is 56.2 cm³/mol. The second kappa shape index (κ2) is 7.20. The average Bonchev–Trinajstić information content (AvgIpc) is 2.12. The second-order valence-corrected chi connectivity index (χ2v) is 2.94. The molecule has 0 aromatic carbocycles. The molecular weight excluding hydrogens is 146 g/mol. The first-order valence-corrected chi connectivity index (χ1v) is 5.32. The van der Waals surface area contributed by atoms with E-state index in [0.29, 0.717) is 0 Å². The first-order chi connectivity index (χ1) is 5.88. The van der Waals surface area contributed by atoms with Crippen molar-refractivity contribution in [1.82, 2.24) is 4.90 Å². The van der Waals surface area contributed by atoms with Gasteiger partial charge in [-0.1, -0.05) is 34.1 Å². The summed E-state index contributed by atoms with van der Waals surface area (Å²) in [6, 6.07) is 0.768. The summed E-state index contributed by atoms with van der Waals surface area (Å²) >= 11 is 0. The summed E-state index contributed by atoms with van der Waals surface area (Å²) in [7, 11) is 0. The topological polar surface area (TPSA) is 3.24 Å². The van der Waals surface area contributed by atoms with Crippen LogP contribution in [0.1, 0.15) is 47.0 Å². The third-order valence-corrected chi connectivity index (χ3v) is 1.99. The van der Waals surface area contributed by atoms with E-state index in [-0.39, 0.29) is 0 Å². The van der Waals surface area contributed by atoms with Crippen LogP contribution in [0.4, 0.5) is 0 Å². The van der Waals surface area contributed by atoms with Gasteiger partial charge in [-0.25, -0.2) is 0 Å². The molecule has 1 unspecified atom stereocenters. The van der Waals surface area contributed by atoms with Crippen LogP contribution in [0.3, 0.4) is 0 Å². The molecule has 0 aliphatic carbocycles. The molecule has 0 bridgehead atoms. The Labute approximate surface area is 77.5 Å². The highest BCUT2D eigenvalue weighted by molar-refractivity contribution is 5.06. The Balaban J connectivity index is 0.000000561. The molecule has 1 heteroatoms. The van der Waals surface area contributed by atoms with Gasteiger partial charge in [-0.15, -0.1) is 0 Å². The zero-order valence-corrected chi connectivity index (χ0v) is 9.01. The SMILES string of the molecule is CC.CCCC1C=CN1CCC. The Bertz CT molecular complexity index is 104. The smallest absolute Gasteiger partial charge is 0.0484 e. The summed E-state index contributed by atoms with van der Waals surface area (Å²) in [5.74, 6) is 0. The van der Waals surface area contributed by atoms with E-state index in [1.807, 2.05) is 13.8 Å². The van der Waals surface area contributed by atoms with Gasteiger partial charge in [0.2, 0.25) is 0 Å². The molecule has 0 fully saturated rings. The first-order valence-electron chi connectivity index (χ1n) is 5.32. The van der Waals surface area contributed by atoms with Gasteiger partial charge in [0, 0.05) is 12.6 Å². The van der Waals surface area contributed by atoms with Crippen molar-refractivity contribution in [2.24, 2.45) is 0 Å². The lowest BCUT2D eigenvalue weighted by molar-refractivity contribution is 0.263. The van der Waals surface area contributed by atoms with Gasteiger partial charge in [-0.2, -0.15) is 0 Å². The maximum Gasteiger partial charge on any atom is 0.0484 e. The molecule has 1 aliphatic rings. The first kappa shape index (κ1) is 11.5. The van der Waals surface area contributed by atoms with Crippen LogP contribution in [0, 0.1) is 0 Å². The lowest BCUT2D eigenvalue weighted by Gasteiger charge is -2.35. The van der Waals surface area contributed by atoms with Gasteiger partial charge in [-0.3, -0.25) is 0 Å². The normalized spacial score (nSPS) is 19.7. The van der Waals surface area contributed by atoms with Crippen molar-refractivity contribution in [1.29, 1.82) is 0 Å². The van der Waals surface area contributed by atoms with Crippen LogP contribution < -0.4 is 0 Å². The molecule has 0 radical (unpaired) electrons. The van der Waals surface area contributed by atoms with Gasteiger partial charge in [0.05, 0.1) is 0 Å². The van der Waals surface area contributed by atoms with E-state index in [2.05, 4.69) is 31.0 Å². The monoisotopic (exact) mass is 169 g/mol. The van der Waals surface area contributed by atoms with E-state index in [1.165, 1.54) is 25.8 Å². The zero-order chi connectivity index (χ0) is 9.40. The van der Waals surface area contributed by atoms with Crippen molar-refractivity contribution in [3.63, 3.8) is 0 Å².